The molecule has 134 valence electrons. The maximum absolute atomic E-state index is 13.0. The fraction of sp³-hybridized carbons (Fsp3) is 0.375. The van der Waals surface area contributed by atoms with Gasteiger partial charge in [0.2, 0.25) is 5.91 Å². The minimum atomic E-state index is -4.66. The summed E-state index contributed by atoms with van der Waals surface area (Å²) in [6.45, 7) is 1.38. The molecule has 25 heavy (non-hydrogen) atoms. The van der Waals surface area contributed by atoms with Crippen LogP contribution in [0.15, 0.2) is 18.2 Å². The zero-order valence-electron chi connectivity index (χ0n) is 13.1. The van der Waals surface area contributed by atoms with E-state index in [2.05, 4.69) is 10.4 Å². The summed E-state index contributed by atoms with van der Waals surface area (Å²) in [4.78, 5) is 12.3. The summed E-state index contributed by atoms with van der Waals surface area (Å²) in [5, 5.41) is 6.25. The lowest BCUT2D eigenvalue weighted by molar-refractivity contribution is -0.141. The highest BCUT2D eigenvalue weighted by atomic mass is 35.5. The van der Waals surface area contributed by atoms with Gasteiger partial charge in [-0.15, -0.1) is 0 Å². The number of hydrogen-bond donors (Lipinski definition) is 1. The lowest BCUT2D eigenvalue weighted by Crippen LogP contribution is -2.21. The molecule has 1 aromatic carbocycles. The number of benzene rings is 1. The van der Waals surface area contributed by atoms with Gasteiger partial charge >= 0.3 is 6.18 Å². The Labute approximate surface area is 151 Å². The fourth-order valence-electron chi connectivity index (χ4n) is 2.57. The molecule has 1 aromatic heterocycles. The van der Waals surface area contributed by atoms with Gasteiger partial charge in [-0.3, -0.25) is 9.48 Å². The molecule has 2 aromatic rings. The number of anilines is 1. The Kier molecular flexibility index (Phi) is 4.72. The topological polar surface area (TPSA) is 46.9 Å². The van der Waals surface area contributed by atoms with Crippen molar-refractivity contribution in [2.24, 2.45) is 0 Å². The minimum absolute atomic E-state index is 0.0863. The van der Waals surface area contributed by atoms with Gasteiger partial charge in [0.05, 0.1) is 10.7 Å². The number of amides is 1. The van der Waals surface area contributed by atoms with Gasteiger partial charge in [0.1, 0.15) is 6.54 Å². The molecule has 9 heteroatoms. The first kappa shape index (κ1) is 18.1. The highest BCUT2D eigenvalue weighted by Crippen LogP contribution is 2.46. The van der Waals surface area contributed by atoms with Crippen LogP contribution in [-0.4, -0.2) is 15.7 Å². The van der Waals surface area contributed by atoms with Crippen LogP contribution in [-0.2, 0) is 17.5 Å². The number of nitrogens with zero attached hydrogens (tertiary/aromatic N) is 2. The van der Waals surface area contributed by atoms with E-state index in [4.69, 9.17) is 23.2 Å². The molecule has 0 spiro atoms. The monoisotopic (exact) mass is 391 g/mol. The summed E-state index contributed by atoms with van der Waals surface area (Å²) in [6, 6.07) is 5.02. The number of aromatic nitrogens is 2. The van der Waals surface area contributed by atoms with Crippen LogP contribution in [0.4, 0.5) is 18.9 Å². The van der Waals surface area contributed by atoms with Crippen molar-refractivity contribution >= 4 is 34.8 Å². The first-order chi connectivity index (χ1) is 11.7. The average molecular weight is 392 g/mol. The van der Waals surface area contributed by atoms with E-state index in [1.54, 1.807) is 25.1 Å². The Balaban J connectivity index is 1.85. The molecule has 1 fully saturated rings. The quantitative estimate of drug-likeness (QED) is 0.793. The Hall–Kier alpha value is -1.73. The number of rotatable bonds is 4. The zero-order valence-corrected chi connectivity index (χ0v) is 14.6. The molecule has 1 aliphatic rings. The van der Waals surface area contributed by atoms with Crippen molar-refractivity contribution in [2.45, 2.75) is 38.4 Å². The molecular formula is C16H14Cl2F3N3O. The van der Waals surface area contributed by atoms with Crippen molar-refractivity contribution in [1.29, 1.82) is 0 Å². The van der Waals surface area contributed by atoms with E-state index in [9.17, 15) is 18.0 Å². The molecule has 4 nitrogen and oxygen atoms in total. The predicted octanol–water partition coefficient (Wildman–Crippen LogP) is 5.03. The third-order valence-electron chi connectivity index (χ3n) is 4.00. The lowest BCUT2D eigenvalue weighted by atomic mass is 10.2. The standard InChI is InChI=1S/C16H14Cl2F3N3O/c1-8-10(17)3-2-4-11(8)22-12(25)7-24-14(9-5-6-9)13(18)15(23-24)16(19,20)21/h2-4,9H,5-7H2,1H3,(H,22,25). The van der Waals surface area contributed by atoms with Crippen LogP contribution in [0.25, 0.3) is 0 Å². The van der Waals surface area contributed by atoms with Gasteiger partial charge in [-0.25, -0.2) is 0 Å². The number of hydrogen-bond acceptors (Lipinski definition) is 2. The van der Waals surface area contributed by atoms with Crippen molar-refractivity contribution in [3.05, 3.63) is 45.2 Å². The second-order valence-corrected chi connectivity index (χ2v) is 6.72. The van der Waals surface area contributed by atoms with Crippen LogP contribution in [0, 0.1) is 6.92 Å². The molecule has 0 saturated heterocycles. The molecule has 0 bridgehead atoms. The number of alkyl halides is 3. The van der Waals surface area contributed by atoms with Crippen molar-refractivity contribution in [2.75, 3.05) is 5.32 Å². The molecule has 3 rings (SSSR count). The van der Waals surface area contributed by atoms with E-state index in [0.29, 0.717) is 16.3 Å². The lowest BCUT2D eigenvalue weighted by Gasteiger charge is -2.11. The second-order valence-electron chi connectivity index (χ2n) is 5.94. The molecule has 0 aliphatic heterocycles. The summed E-state index contributed by atoms with van der Waals surface area (Å²) in [7, 11) is 0. The van der Waals surface area contributed by atoms with Gasteiger partial charge in [0.25, 0.3) is 0 Å². The van der Waals surface area contributed by atoms with Crippen LogP contribution in [0.2, 0.25) is 10.0 Å². The molecular weight excluding hydrogens is 378 g/mol. The van der Waals surface area contributed by atoms with Gasteiger partial charge < -0.3 is 5.32 Å². The maximum atomic E-state index is 13.0. The zero-order chi connectivity index (χ0) is 18.4. The van der Waals surface area contributed by atoms with E-state index in [1.165, 1.54) is 0 Å². The SMILES string of the molecule is Cc1c(Cl)cccc1NC(=O)Cn1nc(C(F)(F)F)c(Cl)c1C1CC1. The van der Waals surface area contributed by atoms with E-state index in [1.807, 2.05) is 0 Å². The van der Waals surface area contributed by atoms with Crippen LogP contribution in [0.5, 0.6) is 0 Å². The minimum Gasteiger partial charge on any atom is -0.324 e. The highest BCUT2D eigenvalue weighted by Gasteiger charge is 2.42. The number of carbonyl (C=O) groups is 1. The second kappa shape index (κ2) is 6.53. The summed E-state index contributed by atoms with van der Waals surface area (Å²) in [6.07, 6.45) is -3.19. The van der Waals surface area contributed by atoms with Crippen molar-refractivity contribution in [3.8, 4) is 0 Å². The Morgan fingerprint density at radius 2 is 2.04 bits per heavy atom. The molecule has 1 saturated carbocycles. The predicted molar refractivity (Wildman–Crippen MR) is 89.0 cm³/mol. The third kappa shape index (κ3) is 3.77. The van der Waals surface area contributed by atoms with Crippen molar-refractivity contribution in [3.63, 3.8) is 0 Å². The largest absolute Gasteiger partial charge is 0.436 e. The molecule has 1 amide bonds. The number of carbonyl (C=O) groups excluding carboxylic acids is 1. The van der Waals surface area contributed by atoms with Gasteiger partial charge in [0.15, 0.2) is 5.69 Å². The number of halogens is 5. The average Bonchev–Trinajstić information content (AvgIpc) is 3.27. The smallest absolute Gasteiger partial charge is 0.324 e. The Morgan fingerprint density at radius 3 is 2.64 bits per heavy atom. The van der Waals surface area contributed by atoms with Crippen LogP contribution in [0.1, 0.15) is 35.7 Å². The van der Waals surface area contributed by atoms with E-state index < -0.39 is 22.8 Å². The van der Waals surface area contributed by atoms with E-state index in [0.717, 1.165) is 17.5 Å². The highest BCUT2D eigenvalue weighted by molar-refractivity contribution is 6.32. The summed E-state index contributed by atoms with van der Waals surface area (Å²) in [5.41, 5.74) is 0.295. The van der Waals surface area contributed by atoms with Crippen molar-refractivity contribution < 1.29 is 18.0 Å². The molecule has 0 radical (unpaired) electrons. The molecule has 0 atom stereocenters. The molecule has 0 unspecified atom stereocenters. The van der Waals surface area contributed by atoms with Gasteiger partial charge in [-0.1, -0.05) is 29.3 Å². The third-order valence-corrected chi connectivity index (χ3v) is 4.78. The summed E-state index contributed by atoms with van der Waals surface area (Å²) >= 11 is 11.9. The maximum Gasteiger partial charge on any atom is 0.436 e. The fourth-order valence-corrected chi connectivity index (χ4v) is 3.14. The van der Waals surface area contributed by atoms with Crippen LogP contribution in [0.3, 0.4) is 0 Å². The molecule has 1 aliphatic carbocycles. The van der Waals surface area contributed by atoms with Crippen LogP contribution >= 0.6 is 23.2 Å². The normalized spacial score (nSPS) is 14.6. The number of nitrogens with one attached hydrogen (secondary N) is 1. The van der Waals surface area contributed by atoms with Crippen molar-refractivity contribution in [1.82, 2.24) is 9.78 Å². The molecule has 1 N–H and O–H groups in total. The first-order valence-electron chi connectivity index (χ1n) is 7.57. The van der Waals surface area contributed by atoms with E-state index in [-0.39, 0.29) is 18.2 Å². The first-order valence-corrected chi connectivity index (χ1v) is 8.32. The summed E-state index contributed by atoms with van der Waals surface area (Å²) < 4.78 is 40.1. The van der Waals surface area contributed by atoms with E-state index >= 15 is 0 Å². The van der Waals surface area contributed by atoms with Gasteiger partial charge in [0, 0.05) is 16.6 Å². The van der Waals surface area contributed by atoms with Crippen LogP contribution < -0.4 is 5.32 Å². The Bertz CT molecular complexity index is 829. The van der Waals surface area contributed by atoms with Gasteiger partial charge in [-0.2, -0.15) is 18.3 Å². The Morgan fingerprint density at radius 1 is 1.36 bits per heavy atom. The molecule has 1 heterocycles. The summed E-state index contributed by atoms with van der Waals surface area (Å²) in [5.74, 6) is -0.586. The van der Waals surface area contributed by atoms with Gasteiger partial charge in [-0.05, 0) is 37.5 Å².